The van der Waals surface area contributed by atoms with Gasteiger partial charge in [-0.2, -0.15) is 0 Å². The number of Topliss-reactive ketones (excluding diaryl/α,β-unsaturated/α-hetero) is 1. The molecule has 0 radical (unpaired) electrons. The summed E-state index contributed by atoms with van der Waals surface area (Å²) in [7, 11) is 0. The number of ketones is 1. The van der Waals surface area contributed by atoms with Gasteiger partial charge >= 0.3 is 0 Å². The number of likely N-dealkylation sites (tertiary alicyclic amines) is 1. The zero-order chi connectivity index (χ0) is 21.5. The summed E-state index contributed by atoms with van der Waals surface area (Å²) in [4.78, 5) is 26.6. The molecule has 30 heavy (non-hydrogen) atoms. The van der Waals surface area contributed by atoms with Crippen molar-refractivity contribution in [2.75, 3.05) is 13.1 Å². The van der Waals surface area contributed by atoms with Crippen molar-refractivity contribution < 1.29 is 14.3 Å². The molecule has 5 heteroatoms. The molecule has 1 atom stereocenters. The van der Waals surface area contributed by atoms with Gasteiger partial charge in [-0.1, -0.05) is 43.3 Å². The first-order chi connectivity index (χ1) is 14.4. The molecule has 1 aliphatic rings. The van der Waals surface area contributed by atoms with E-state index in [-0.39, 0.29) is 11.7 Å². The summed E-state index contributed by atoms with van der Waals surface area (Å²) >= 11 is 0. The van der Waals surface area contributed by atoms with Crippen LogP contribution in [0.25, 0.3) is 0 Å². The molecule has 1 aliphatic heterocycles. The van der Waals surface area contributed by atoms with Gasteiger partial charge in [-0.3, -0.25) is 14.5 Å². The number of amides is 1. The third-order valence-electron chi connectivity index (χ3n) is 5.76. The Hall–Kier alpha value is -2.66. The minimum absolute atomic E-state index is 0.0303. The van der Waals surface area contributed by atoms with Crippen LogP contribution in [0.15, 0.2) is 48.5 Å². The number of benzene rings is 2. The van der Waals surface area contributed by atoms with Gasteiger partial charge in [0.25, 0.3) is 5.91 Å². The van der Waals surface area contributed by atoms with Crippen LogP contribution < -0.4 is 10.1 Å². The molecule has 1 fully saturated rings. The van der Waals surface area contributed by atoms with Gasteiger partial charge in [0.1, 0.15) is 5.75 Å². The lowest BCUT2D eigenvalue weighted by atomic mass is 9.98. The number of piperidine rings is 1. The molecule has 1 heterocycles. The maximum atomic E-state index is 12.6. The zero-order valence-electron chi connectivity index (χ0n) is 18.2. The Morgan fingerprint density at radius 3 is 2.50 bits per heavy atom. The van der Waals surface area contributed by atoms with Gasteiger partial charge in [0, 0.05) is 18.7 Å². The molecule has 1 unspecified atom stereocenters. The highest BCUT2D eigenvalue weighted by Crippen LogP contribution is 2.20. The van der Waals surface area contributed by atoms with E-state index in [4.69, 9.17) is 4.74 Å². The first-order valence-electron chi connectivity index (χ1n) is 10.8. The average molecular weight is 409 g/mol. The third-order valence-corrected chi connectivity index (χ3v) is 5.76. The van der Waals surface area contributed by atoms with Crippen LogP contribution in [0, 0.1) is 5.92 Å². The fourth-order valence-electron chi connectivity index (χ4n) is 3.72. The van der Waals surface area contributed by atoms with E-state index in [2.05, 4.69) is 35.3 Å². The van der Waals surface area contributed by atoms with Gasteiger partial charge in [-0.25, -0.2) is 0 Å². The number of rotatable bonds is 8. The van der Waals surface area contributed by atoms with Crippen molar-refractivity contribution >= 4 is 11.7 Å². The summed E-state index contributed by atoms with van der Waals surface area (Å²) in [5.41, 5.74) is 2.96. The predicted molar refractivity (Wildman–Crippen MR) is 119 cm³/mol. The van der Waals surface area contributed by atoms with Crippen molar-refractivity contribution in [3.05, 3.63) is 65.2 Å². The van der Waals surface area contributed by atoms with Gasteiger partial charge in [0.05, 0.1) is 0 Å². The van der Waals surface area contributed by atoms with E-state index >= 15 is 0 Å². The molecule has 0 aromatic heterocycles. The van der Waals surface area contributed by atoms with Gasteiger partial charge in [0.15, 0.2) is 11.9 Å². The van der Waals surface area contributed by atoms with E-state index in [1.807, 2.05) is 6.07 Å². The molecule has 2 aromatic rings. The molecular weight excluding hydrogens is 376 g/mol. The summed E-state index contributed by atoms with van der Waals surface area (Å²) in [6, 6.07) is 15.2. The Kier molecular flexibility index (Phi) is 7.63. The molecule has 160 valence electrons. The molecular formula is C25H32N2O3. The Balaban J connectivity index is 1.55. The van der Waals surface area contributed by atoms with Crippen molar-refractivity contribution in [3.63, 3.8) is 0 Å². The fraction of sp³-hybridized carbons (Fsp3) is 0.440. The number of hydrogen-bond acceptors (Lipinski definition) is 4. The minimum Gasteiger partial charge on any atom is -0.481 e. The topological polar surface area (TPSA) is 58.6 Å². The molecule has 0 spiro atoms. The molecule has 2 aromatic carbocycles. The van der Waals surface area contributed by atoms with E-state index in [9.17, 15) is 9.59 Å². The highest BCUT2D eigenvalue weighted by atomic mass is 16.5. The van der Waals surface area contributed by atoms with Crippen molar-refractivity contribution in [1.29, 1.82) is 0 Å². The van der Waals surface area contributed by atoms with Crippen LogP contribution in [0.1, 0.15) is 55.1 Å². The van der Waals surface area contributed by atoms with Crippen molar-refractivity contribution in [1.82, 2.24) is 10.2 Å². The first kappa shape index (κ1) is 22.0. The smallest absolute Gasteiger partial charge is 0.261 e. The van der Waals surface area contributed by atoms with Crippen molar-refractivity contribution in [2.45, 2.75) is 52.8 Å². The lowest BCUT2D eigenvalue weighted by Gasteiger charge is -2.30. The van der Waals surface area contributed by atoms with Crippen LogP contribution in [0.5, 0.6) is 5.75 Å². The SMILES string of the molecule is CC(=O)c1cccc(OC(C)C(=O)NCc2ccccc2CN2CCC(C)CC2)c1. The highest BCUT2D eigenvalue weighted by Gasteiger charge is 2.18. The molecule has 0 aliphatic carbocycles. The van der Waals surface area contributed by atoms with Crippen LogP contribution in [0.4, 0.5) is 0 Å². The van der Waals surface area contributed by atoms with Crippen LogP contribution in [-0.2, 0) is 17.9 Å². The Morgan fingerprint density at radius 2 is 1.80 bits per heavy atom. The highest BCUT2D eigenvalue weighted by molar-refractivity contribution is 5.94. The summed E-state index contributed by atoms with van der Waals surface area (Å²) in [6.07, 6.45) is 1.85. The first-order valence-corrected chi connectivity index (χ1v) is 10.8. The van der Waals surface area contributed by atoms with E-state index in [1.165, 1.54) is 25.3 Å². The number of nitrogens with one attached hydrogen (secondary N) is 1. The quantitative estimate of drug-likeness (QED) is 0.665. The van der Waals surface area contributed by atoms with E-state index in [0.717, 1.165) is 31.1 Å². The Bertz CT molecular complexity index is 872. The summed E-state index contributed by atoms with van der Waals surface area (Å²) in [5.74, 6) is 1.13. The van der Waals surface area contributed by atoms with E-state index in [0.29, 0.717) is 17.9 Å². The second kappa shape index (κ2) is 10.4. The largest absolute Gasteiger partial charge is 0.481 e. The number of nitrogens with zero attached hydrogens (tertiary/aromatic N) is 1. The normalized spacial score (nSPS) is 16.1. The number of ether oxygens (including phenoxy) is 1. The second-order valence-electron chi connectivity index (χ2n) is 8.29. The van der Waals surface area contributed by atoms with Crippen LogP contribution in [0.2, 0.25) is 0 Å². The van der Waals surface area contributed by atoms with Gasteiger partial charge in [-0.05, 0) is 69.0 Å². The molecule has 1 saturated heterocycles. The van der Waals surface area contributed by atoms with Crippen LogP contribution in [0.3, 0.4) is 0 Å². The lowest BCUT2D eigenvalue weighted by molar-refractivity contribution is -0.127. The monoisotopic (exact) mass is 408 g/mol. The van der Waals surface area contributed by atoms with E-state index in [1.54, 1.807) is 31.2 Å². The molecule has 1 amide bonds. The summed E-state index contributed by atoms with van der Waals surface area (Å²) in [5, 5.41) is 2.99. The fourth-order valence-corrected chi connectivity index (χ4v) is 3.72. The standard InChI is InChI=1S/C25H32N2O3/c1-18-11-13-27(14-12-18)17-23-8-5-4-7-22(23)16-26-25(29)20(3)30-24-10-6-9-21(15-24)19(2)28/h4-10,15,18,20H,11-14,16-17H2,1-3H3,(H,26,29). The molecule has 0 bridgehead atoms. The van der Waals surface area contributed by atoms with Gasteiger partial charge in [0.2, 0.25) is 0 Å². The number of carbonyl (C=O) groups excluding carboxylic acids is 2. The van der Waals surface area contributed by atoms with Gasteiger partial charge in [-0.15, -0.1) is 0 Å². The molecule has 5 nitrogen and oxygen atoms in total. The Labute approximate surface area is 179 Å². The molecule has 1 N–H and O–H groups in total. The van der Waals surface area contributed by atoms with Crippen LogP contribution in [-0.4, -0.2) is 35.8 Å². The Morgan fingerprint density at radius 1 is 1.10 bits per heavy atom. The maximum Gasteiger partial charge on any atom is 0.261 e. The summed E-state index contributed by atoms with van der Waals surface area (Å²) in [6.45, 7) is 9.20. The number of hydrogen-bond donors (Lipinski definition) is 1. The second-order valence-corrected chi connectivity index (χ2v) is 8.29. The average Bonchev–Trinajstić information content (AvgIpc) is 2.74. The summed E-state index contributed by atoms with van der Waals surface area (Å²) < 4.78 is 5.74. The number of carbonyl (C=O) groups is 2. The van der Waals surface area contributed by atoms with Gasteiger partial charge < -0.3 is 10.1 Å². The van der Waals surface area contributed by atoms with E-state index < -0.39 is 6.10 Å². The van der Waals surface area contributed by atoms with Crippen LogP contribution >= 0.6 is 0 Å². The lowest BCUT2D eigenvalue weighted by Crippen LogP contribution is -2.36. The minimum atomic E-state index is -0.650. The van der Waals surface area contributed by atoms with Crippen molar-refractivity contribution in [3.8, 4) is 5.75 Å². The van der Waals surface area contributed by atoms with Crippen molar-refractivity contribution in [2.24, 2.45) is 5.92 Å². The third kappa shape index (κ3) is 6.17. The predicted octanol–water partition coefficient (Wildman–Crippen LogP) is 4.20. The zero-order valence-corrected chi connectivity index (χ0v) is 18.2. The maximum absolute atomic E-state index is 12.6. The molecule has 3 rings (SSSR count). The molecule has 0 saturated carbocycles.